The number of ether oxygens (including phenoxy) is 1. The van der Waals surface area contributed by atoms with Gasteiger partial charge in [0, 0.05) is 10.9 Å². The van der Waals surface area contributed by atoms with Gasteiger partial charge in [0.2, 0.25) is 0 Å². The summed E-state index contributed by atoms with van der Waals surface area (Å²) in [5, 5.41) is 4.58. The number of hydrogen-bond donors (Lipinski definition) is 0. The molecule has 0 aliphatic heterocycles. The van der Waals surface area contributed by atoms with Crippen LogP contribution in [0, 0.1) is 5.82 Å². The van der Waals surface area contributed by atoms with Gasteiger partial charge in [-0.1, -0.05) is 18.2 Å². The minimum absolute atomic E-state index is 0.0635. The summed E-state index contributed by atoms with van der Waals surface area (Å²) in [4.78, 5) is 24.3. The van der Waals surface area contributed by atoms with E-state index in [4.69, 9.17) is 0 Å². The van der Waals surface area contributed by atoms with Crippen LogP contribution < -0.4 is 0 Å². The Morgan fingerprint density at radius 2 is 1.77 bits per heavy atom. The van der Waals surface area contributed by atoms with Crippen molar-refractivity contribution in [1.29, 1.82) is 0 Å². The van der Waals surface area contributed by atoms with Crippen molar-refractivity contribution in [2.75, 3.05) is 7.11 Å². The summed E-state index contributed by atoms with van der Waals surface area (Å²) in [5.74, 6) is -1.51. The van der Waals surface area contributed by atoms with Crippen LogP contribution in [-0.2, 0) is 4.74 Å². The quantitative estimate of drug-likeness (QED) is 0.682. The molecule has 0 spiro atoms. The largest absolute Gasteiger partial charge is 0.464 e. The van der Waals surface area contributed by atoms with Gasteiger partial charge < -0.3 is 4.74 Å². The van der Waals surface area contributed by atoms with Crippen molar-refractivity contribution in [2.45, 2.75) is 0 Å². The molecule has 0 unspecified atom stereocenters. The Labute approximate surface area is 124 Å². The van der Waals surface area contributed by atoms with Crippen molar-refractivity contribution in [1.82, 2.24) is 9.78 Å². The molecule has 3 rings (SSSR count). The topological polar surface area (TPSA) is 61.2 Å². The third-order valence-corrected chi connectivity index (χ3v) is 3.25. The van der Waals surface area contributed by atoms with E-state index in [0.29, 0.717) is 10.9 Å². The first kappa shape index (κ1) is 13.9. The summed E-state index contributed by atoms with van der Waals surface area (Å²) in [5.41, 5.74) is 0.817. The van der Waals surface area contributed by atoms with E-state index >= 15 is 0 Å². The molecule has 5 nitrogen and oxygen atoms in total. The van der Waals surface area contributed by atoms with E-state index in [1.807, 2.05) is 0 Å². The summed E-state index contributed by atoms with van der Waals surface area (Å²) >= 11 is 0. The van der Waals surface area contributed by atoms with Gasteiger partial charge in [-0.3, -0.25) is 4.79 Å². The Balaban J connectivity index is 2.16. The Morgan fingerprint density at radius 3 is 2.45 bits per heavy atom. The summed E-state index contributed by atoms with van der Waals surface area (Å²) < 4.78 is 18.8. The van der Waals surface area contributed by atoms with Gasteiger partial charge in [-0.2, -0.15) is 9.78 Å². The molecule has 0 radical (unpaired) electrons. The maximum atomic E-state index is 13.0. The van der Waals surface area contributed by atoms with Crippen molar-refractivity contribution in [2.24, 2.45) is 0 Å². The second kappa shape index (κ2) is 5.40. The molecule has 0 N–H and O–H groups in total. The first-order valence-electron chi connectivity index (χ1n) is 6.48. The average Bonchev–Trinajstić information content (AvgIpc) is 2.94. The van der Waals surface area contributed by atoms with Crippen LogP contribution in [0.25, 0.3) is 10.9 Å². The van der Waals surface area contributed by atoms with Crippen LogP contribution >= 0.6 is 0 Å². The zero-order valence-electron chi connectivity index (χ0n) is 11.6. The summed E-state index contributed by atoms with van der Waals surface area (Å²) in [6.45, 7) is 0. The zero-order chi connectivity index (χ0) is 15.7. The summed E-state index contributed by atoms with van der Waals surface area (Å²) in [6, 6.07) is 12.0. The first-order chi connectivity index (χ1) is 10.6. The lowest BCUT2D eigenvalue weighted by Crippen LogP contribution is -2.14. The van der Waals surface area contributed by atoms with Crippen molar-refractivity contribution in [3.05, 3.63) is 65.6 Å². The molecule has 0 atom stereocenters. The Hall–Kier alpha value is -3.02. The number of carbonyl (C=O) groups excluding carboxylic acids is 2. The van der Waals surface area contributed by atoms with E-state index in [0.717, 1.165) is 4.68 Å². The zero-order valence-corrected chi connectivity index (χ0v) is 11.6. The highest BCUT2D eigenvalue weighted by atomic mass is 19.1. The number of nitrogens with zero attached hydrogens (tertiary/aromatic N) is 2. The maximum Gasteiger partial charge on any atom is 0.359 e. The highest BCUT2D eigenvalue weighted by molar-refractivity contribution is 6.07. The van der Waals surface area contributed by atoms with E-state index in [-0.39, 0.29) is 11.3 Å². The fourth-order valence-corrected chi connectivity index (χ4v) is 2.18. The number of fused-ring (bicyclic) bond motifs is 1. The van der Waals surface area contributed by atoms with E-state index in [2.05, 4.69) is 9.84 Å². The Kier molecular flexibility index (Phi) is 3.42. The number of aromatic nitrogens is 2. The second-order valence-corrected chi connectivity index (χ2v) is 4.58. The molecule has 6 heteroatoms. The molecular weight excluding hydrogens is 287 g/mol. The summed E-state index contributed by atoms with van der Waals surface area (Å²) in [6.07, 6.45) is 0. The predicted molar refractivity (Wildman–Crippen MR) is 77.2 cm³/mol. The fraction of sp³-hybridized carbons (Fsp3) is 0.0625. The number of carbonyl (C=O) groups is 2. The van der Waals surface area contributed by atoms with Gasteiger partial charge in [-0.25, -0.2) is 9.18 Å². The fourth-order valence-electron chi connectivity index (χ4n) is 2.18. The van der Waals surface area contributed by atoms with Crippen molar-refractivity contribution in [3.63, 3.8) is 0 Å². The van der Waals surface area contributed by atoms with E-state index < -0.39 is 17.7 Å². The second-order valence-electron chi connectivity index (χ2n) is 4.58. The first-order valence-corrected chi connectivity index (χ1v) is 6.48. The number of rotatable bonds is 2. The van der Waals surface area contributed by atoms with E-state index in [1.165, 1.54) is 31.4 Å². The van der Waals surface area contributed by atoms with Crippen molar-refractivity contribution in [3.8, 4) is 0 Å². The van der Waals surface area contributed by atoms with Gasteiger partial charge in [0.15, 0.2) is 5.69 Å². The van der Waals surface area contributed by atoms with Gasteiger partial charge >= 0.3 is 5.97 Å². The van der Waals surface area contributed by atoms with Gasteiger partial charge in [0.25, 0.3) is 5.91 Å². The van der Waals surface area contributed by atoms with Gasteiger partial charge in [-0.05, 0) is 30.3 Å². The third-order valence-electron chi connectivity index (χ3n) is 3.25. The minimum Gasteiger partial charge on any atom is -0.464 e. The van der Waals surface area contributed by atoms with Crippen LogP contribution in [0.4, 0.5) is 4.39 Å². The average molecular weight is 298 g/mol. The molecule has 1 heterocycles. The molecule has 0 fully saturated rings. The number of benzene rings is 2. The lowest BCUT2D eigenvalue weighted by Gasteiger charge is -2.02. The number of halogens is 1. The van der Waals surface area contributed by atoms with Crippen LogP contribution in [0.2, 0.25) is 0 Å². The maximum absolute atomic E-state index is 13.0. The molecule has 0 saturated heterocycles. The number of hydrogen-bond acceptors (Lipinski definition) is 4. The van der Waals surface area contributed by atoms with Gasteiger partial charge in [0.05, 0.1) is 12.6 Å². The predicted octanol–water partition coefficient (Wildman–Crippen LogP) is 2.65. The van der Waals surface area contributed by atoms with Crippen LogP contribution in [0.1, 0.15) is 20.8 Å². The monoisotopic (exact) mass is 298 g/mol. The molecule has 0 aliphatic rings. The molecule has 22 heavy (non-hydrogen) atoms. The van der Waals surface area contributed by atoms with E-state index in [9.17, 15) is 14.0 Å². The third kappa shape index (κ3) is 2.24. The molecule has 0 amide bonds. The minimum atomic E-state index is -0.623. The van der Waals surface area contributed by atoms with Crippen LogP contribution in [0.5, 0.6) is 0 Å². The highest BCUT2D eigenvalue weighted by Crippen LogP contribution is 2.20. The molecule has 0 aliphatic carbocycles. The van der Waals surface area contributed by atoms with E-state index in [1.54, 1.807) is 24.3 Å². The van der Waals surface area contributed by atoms with Crippen LogP contribution in [-0.4, -0.2) is 28.8 Å². The number of para-hydroxylation sites is 1. The smallest absolute Gasteiger partial charge is 0.359 e. The highest BCUT2D eigenvalue weighted by Gasteiger charge is 2.21. The Bertz CT molecular complexity index is 869. The molecule has 0 saturated carbocycles. The van der Waals surface area contributed by atoms with Crippen LogP contribution in [0.15, 0.2) is 48.5 Å². The molecule has 1 aromatic heterocycles. The lowest BCUT2D eigenvalue weighted by molar-refractivity contribution is 0.0595. The standard InChI is InChI=1S/C16H11FN2O3/c1-22-16(21)14-12-4-2-3-5-13(12)19(18-14)15(20)10-6-8-11(17)9-7-10/h2-9H,1H3. The Morgan fingerprint density at radius 1 is 1.09 bits per heavy atom. The molecule has 0 bridgehead atoms. The lowest BCUT2D eigenvalue weighted by atomic mass is 10.2. The van der Waals surface area contributed by atoms with Crippen molar-refractivity contribution >= 4 is 22.8 Å². The number of esters is 1. The number of methoxy groups -OCH3 is 1. The van der Waals surface area contributed by atoms with Crippen molar-refractivity contribution < 1.29 is 18.7 Å². The van der Waals surface area contributed by atoms with Gasteiger partial charge in [-0.15, -0.1) is 0 Å². The van der Waals surface area contributed by atoms with Crippen LogP contribution in [0.3, 0.4) is 0 Å². The van der Waals surface area contributed by atoms with Gasteiger partial charge in [0.1, 0.15) is 5.82 Å². The molecule has 2 aromatic carbocycles. The molecule has 110 valence electrons. The summed E-state index contributed by atoms with van der Waals surface area (Å²) in [7, 11) is 1.25. The molecular formula is C16H11FN2O3. The normalized spacial score (nSPS) is 10.6. The SMILES string of the molecule is COC(=O)c1nn(C(=O)c2ccc(F)cc2)c2ccccc12. The molecule has 3 aromatic rings.